The van der Waals surface area contributed by atoms with Crippen molar-refractivity contribution in [2.24, 2.45) is 0 Å². The van der Waals surface area contributed by atoms with Crippen LogP contribution in [-0.2, 0) is 8.85 Å². The van der Waals surface area contributed by atoms with E-state index in [0.717, 1.165) is 24.2 Å². The molecule has 0 saturated carbocycles. The Labute approximate surface area is 64.3 Å². The molecule has 0 atom stereocenters. The van der Waals surface area contributed by atoms with Gasteiger partial charge in [0, 0.05) is 13.7 Å². The topological polar surface area (TPSA) is 79.2 Å². The van der Waals surface area contributed by atoms with E-state index in [2.05, 4.69) is 8.85 Å². The fraction of sp³-hybridized carbons (Fsp3) is 1.00. The standard InChI is InChI=1S/C2H8OSi.CH6O4Si/c1-2-3-4;1-5-6(2,3)4/h2H2,1,4H3;2-4H,1H3. The zero-order valence-electron chi connectivity index (χ0n) is 6.37. The minimum atomic E-state index is -4.13. The largest absolute Gasteiger partial charge is 0.671 e. The van der Waals surface area contributed by atoms with Crippen molar-refractivity contribution in [1.29, 1.82) is 0 Å². The third kappa shape index (κ3) is 24.0. The first-order valence-corrected chi connectivity index (χ1v) is 5.25. The van der Waals surface area contributed by atoms with Crippen LogP contribution in [0.1, 0.15) is 6.92 Å². The highest BCUT2D eigenvalue weighted by Crippen LogP contribution is 1.80. The van der Waals surface area contributed by atoms with Gasteiger partial charge in [-0.25, -0.2) is 0 Å². The zero-order valence-corrected chi connectivity index (χ0v) is 9.37. The minimum Gasteiger partial charge on any atom is -0.428 e. The predicted molar refractivity (Wildman–Crippen MR) is 41.0 cm³/mol. The third-order valence-corrected chi connectivity index (χ3v) is 1.69. The molecule has 0 rings (SSSR count). The van der Waals surface area contributed by atoms with Gasteiger partial charge in [0.2, 0.25) is 0 Å². The van der Waals surface area contributed by atoms with Crippen molar-refractivity contribution in [1.82, 2.24) is 0 Å². The summed E-state index contributed by atoms with van der Waals surface area (Å²) < 4.78 is 8.42. The molecule has 0 saturated heterocycles. The van der Waals surface area contributed by atoms with Gasteiger partial charge in [-0.15, -0.1) is 0 Å². The lowest BCUT2D eigenvalue weighted by molar-refractivity contribution is 0.0881. The molecule has 0 aromatic carbocycles. The van der Waals surface area contributed by atoms with Crippen LogP contribution in [0.25, 0.3) is 0 Å². The fourth-order valence-corrected chi connectivity index (χ4v) is 0. The molecule has 5 nitrogen and oxygen atoms in total. The molecule has 0 amide bonds. The molecule has 0 bridgehead atoms. The lowest BCUT2D eigenvalue weighted by atomic mass is 10.9. The van der Waals surface area contributed by atoms with Crippen molar-refractivity contribution < 1.29 is 23.2 Å². The molecule has 0 fully saturated rings. The van der Waals surface area contributed by atoms with Crippen LogP contribution >= 0.6 is 0 Å². The second-order valence-corrected chi connectivity index (χ2v) is 3.49. The first kappa shape index (κ1) is 12.9. The molecular weight excluding hydrogens is 172 g/mol. The maximum atomic E-state index is 7.85. The van der Waals surface area contributed by atoms with Gasteiger partial charge in [0.15, 0.2) is 0 Å². The first-order valence-electron chi connectivity index (χ1n) is 2.69. The molecule has 0 aliphatic heterocycles. The molecule has 0 unspecified atom stereocenters. The van der Waals surface area contributed by atoms with Gasteiger partial charge in [-0.3, -0.25) is 0 Å². The van der Waals surface area contributed by atoms with Crippen molar-refractivity contribution in [2.75, 3.05) is 13.7 Å². The van der Waals surface area contributed by atoms with E-state index in [0.29, 0.717) is 0 Å². The van der Waals surface area contributed by atoms with Gasteiger partial charge in [-0.05, 0) is 6.92 Å². The number of hydrogen-bond donors (Lipinski definition) is 3. The Balaban J connectivity index is 0. The lowest BCUT2D eigenvalue weighted by Gasteiger charge is -2.01. The van der Waals surface area contributed by atoms with Gasteiger partial charge in [-0.2, -0.15) is 0 Å². The van der Waals surface area contributed by atoms with Crippen molar-refractivity contribution in [2.45, 2.75) is 6.92 Å². The summed E-state index contributed by atoms with van der Waals surface area (Å²) in [6.07, 6.45) is 0. The molecule has 10 heavy (non-hydrogen) atoms. The Bertz CT molecular complexity index is 60.4. The van der Waals surface area contributed by atoms with Crippen LogP contribution in [0.15, 0.2) is 0 Å². The quantitative estimate of drug-likeness (QED) is 0.411. The second-order valence-electron chi connectivity index (χ2n) is 1.36. The summed E-state index contributed by atoms with van der Waals surface area (Å²) in [7, 11) is -2.22. The van der Waals surface area contributed by atoms with Crippen LogP contribution in [-0.4, -0.2) is 47.6 Å². The van der Waals surface area contributed by atoms with Crippen molar-refractivity contribution in [3.63, 3.8) is 0 Å². The molecule has 64 valence electrons. The minimum absolute atomic E-state index is 0.881. The zero-order chi connectivity index (χ0) is 8.62. The van der Waals surface area contributed by atoms with E-state index >= 15 is 0 Å². The van der Waals surface area contributed by atoms with Crippen molar-refractivity contribution in [3.05, 3.63) is 0 Å². The Morgan fingerprint density at radius 3 is 1.60 bits per heavy atom. The average Bonchev–Trinajstić information content (AvgIpc) is 1.87. The van der Waals surface area contributed by atoms with Gasteiger partial charge >= 0.3 is 9.05 Å². The molecule has 3 N–H and O–H groups in total. The molecule has 7 heteroatoms. The van der Waals surface area contributed by atoms with Gasteiger partial charge in [0.1, 0.15) is 10.5 Å². The van der Waals surface area contributed by atoms with Crippen LogP contribution in [0.3, 0.4) is 0 Å². The summed E-state index contributed by atoms with van der Waals surface area (Å²) in [5.74, 6) is 0. The summed E-state index contributed by atoms with van der Waals surface area (Å²) in [6.45, 7) is 2.87. The Hall–Kier alpha value is 0.234. The average molecular weight is 186 g/mol. The van der Waals surface area contributed by atoms with E-state index in [4.69, 9.17) is 14.4 Å². The highest BCUT2D eigenvalue weighted by atomic mass is 28.4. The summed E-state index contributed by atoms with van der Waals surface area (Å²) in [4.78, 5) is 23.6. The molecule has 0 heterocycles. The highest BCUT2D eigenvalue weighted by molar-refractivity contribution is 6.48. The summed E-state index contributed by atoms with van der Waals surface area (Å²) >= 11 is 0. The van der Waals surface area contributed by atoms with E-state index in [-0.39, 0.29) is 0 Å². The van der Waals surface area contributed by atoms with Crippen LogP contribution in [0.5, 0.6) is 0 Å². The Morgan fingerprint density at radius 2 is 1.60 bits per heavy atom. The molecule has 0 spiro atoms. The Kier molecular flexibility index (Phi) is 9.45. The maximum Gasteiger partial charge on any atom is 0.671 e. The van der Waals surface area contributed by atoms with Crippen LogP contribution in [0.4, 0.5) is 0 Å². The van der Waals surface area contributed by atoms with Gasteiger partial charge in [-0.1, -0.05) is 0 Å². The SMILES string of the molecule is CCO[SiH3].CO[Si](O)(O)O. The molecule has 0 radical (unpaired) electrons. The lowest BCUT2D eigenvalue weighted by Crippen LogP contribution is -2.37. The van der Waals surface area contributed by atoms with E-state index in [1.54, 1.807) is 0 Å². The first-order chi connectivity index (χ1) is 4.47. The summed E-state index contributed by atoms with van der Waals surface area (Å²) in [6, 6.07) is 0. The fourth-order valence-electron chi connectivity index (χ4n) is 0. The van der Waals surface area contributed by atoms with Gasteiger partial charge < -0.3 is 23.2 Å². The van der Waals surface area contributed by atoms with Crippen LogP contribution in [0, 0.1) is 0 Å². The highest BCUT2D eigenvalue weighted by Gasteiger charge is 2.27. The van der Waals surface area contributed by atoms with Gasteiger partial charge in [0.25, 0.3) is 0 Å². The third-order valence-electron chi connectivity index (χ3n) is 0.563. The van der Waals surface area contributed by atoms with E-state index in [1.807, 2.05) is 6.92 Å². The molecular formula is C3H14O5Si2. The second kappa shape index (κ2) is 7.34. The molecule has 0 aliphatic carbocycles. The van der Waals surface area contributed by atoms with Crippen LogP contribution in [0.2, 0.25) is 0 Å². The van der Waals surface area contributed by atoms with Crippen molar-refractivity contribution >= 4 is 19.5 Å². The van der Waals surface area contributed by atoms with Crippen LogP contribution < -0.4 is 0 Å². The van der Waals surface area contributed by atoms with E-state index in [1.165, 1.54) is 0 Å². The molecule has 0 aromatic heterocycles. The number of hydrogen-bond acceptors (Lipinski definition) is 5. The normalized spacial score (nSPS) is 10.5. The smallest absolute Gasteiger partial charge is 0.428 e. The number of rotatable bonds is 2. The summed E-state index contributed by atoms with van der Waals surface area (Å²) in [5.41, 5.74) is 0. The molecule has 0 aromatic rings. The monoisotopic (exact) mass is 186 g/mol. The predicted octanol–water partition coefficient (Wildman–Crippen LogP) is -2.65. The van der Waals surface area contributed by atoms with Gasteiger partial charge in [0.05, 0.1) is 0 Å². The Morgan fingerprint density at radius 1 is 1.40 bits per heavy atom. The molecule has 0 aliphatic rings. The van der Waals surface area contributed by atoms with Crippen molar-refractivity contribution in [3.8, 4) is 0 Å². The maximum absolute atomic E-state index is 7.85. The van der Waals surface area contributed by atoms with E-state index in [9.17, 15) is 0 Å². The van der Waals surface area contributed by atoms with E-state index < -0.39 is 9.05 Å². The summed E-state index contributed by atoms with van der Waals surface area (Å²) in [5, 5.41) is 0.